The first-order chi connectivity index (χ1) is 20.6. The summed E-state index contributed by atoms with van der Waals surface area (Å²) >= 11 is 0. The summed E-state index contributed by atoms with van der Waals surface area (Å²) in [4.78, 5) is 42.8. The van der Waals surface area contributed by atoms with Gasteiger partial charge in [0.2, 0.25) is 5.78 Å². The van der Waals surface area contributed by atoms with Gasteiger partial charge < -0.3 is 46.8 Å². The lowest BCUT2D eigenvalue weighted by Gasteiger charge is -2.50. The van der Waals surface area contributed by atoms with Crippen LogP contribution in [0.1, 0.15) is 23.1 Å². The van der Waals surface area contributed by atoms with E-state index in [4.69, 9.17) is 10.9 Å². The van der Waals surface area contributed by atoms with Gasteiger partial charge in [0.25, 0.3) is 5.91 Å². The highest BCUT2D eigenvalue weighted by molar-refractivity contribution is 6.24. The second-order valence-corrected chi connectivity index (χ2v) is 11.8. The van der Waals surface area contributed by atoms with Crippen LogP contribution in [-0.4, -0.2) is 87.8 Å². The van der Waals surface area contributed by atoms with Gasteiger partial charge in [-0.1, -0.05) is 12.1 Å². The maximum Gasteiger partial charge on any atom is 0.255 e. The molecule has 5 rings (SSSR count). The zero-order chi connectivity index (χ0) is 32.4. The summed E-state index contributed by atoms with van der Waals surface area (Å²) in [5.41, 5.74) is 3.62. The van der Waals surface area contributed by atoms with E-state index in [2.05, 4.69) is 5.32 Å². The molecule has 44 heavy (non-hydrogen) atoms. The van der Waals surface area contributed by atoms with Crippen molar-refractivity contribution in [2.24, 2.45) is 17.6 Å². The zero-order valence-electron chi connectivity index (χ0n) is 24.5. The Hall–Kier alpha value is -4.63. The van der Waals surface area contributed by atoms with Crippen molar-refractivity contribution in [3.8, 4) is 5.75 Å². The second kappa shape index (κ2) is 10.8. The first kappa shape index (κ1) is 30.8. The number of ketones is 2. The Morgan fingerprint density at radius 1 is 1.11 bits per heavy atom. The molecular weight excluding hydrogens is 574 g/mol. The van der Waals surface area contributed by atoms with E-state index in [-0.39, 0.29) is 52.9 Å². The summed E-state index contributed by atoms with van der Waals surface area (Å²) in [6.45, 7) is 0.179. The molecule has 1 saturated carbocycles. The minimum absolute atomic E-state index is 0.00990. The summed E-state index contributed by atoms with van der Waals surface area (Å²) in [6, 6.07) is 6.56. The molecule has 0 aromatic heterocycles. The molecule has 4 atom stereocenters. The van der Waals surface area contributed by atoms with E-state index in [1.807, 2.05) is 0 Å². The van der Waals surface area contributed by atoms with Crippen molar-refractivity contribution in [1.82, 2.24) is 4.90 Å². The molecule has 234 valence electrons. The Balaban J connectivity index is 1.62. The standard InChI is InChI=1S/C30H34N5O9/c1-33(2)19-11-18(32-12-13-5-7-15(8-6-13)35(43)44)24(36)21-16(19)9-14-10-17-23(34(3)4)26(38)22(29(31)41)28(40)30(17,42)27(39)20(14)25(21)37/h5-8,11,14,17,23,32,36-37,40,42-43H,9-10,12H2,1-4H3,(H2,31,41)/q-1/t14-,17-,23-,30-/m1/s1. The second-order valence-electron chi connectivity index (χ2n) is 11.8. The minimum atomic E-state index is -2.72. The third-order valence-corrected chi connectivity index (χ3v) is 8.82. The number of nitrogens with two attached hydrogens (primary N) is 1. The van der Waals surface area contributed by atoms with Gasteiger partial charge in [0, 0.05) is 37.8 Å². The van der Waals surface area contributed by atoms with Crippen LogP contribution < -0.4 is 21.2 Å². The fourth-order valence-electron chi connectivity index (χ4n) is 6.76. The molecule has 0 heterocycles. The number of hydrogen-bond acceptors (Lipinski definition) is 13. The number of nitrogens with one attached hydrogen (secondary N) is 1. The maximum atomic E-state index is 14.1. The van der Waals surface area contributed by atoms with E-state index >= 15 is 0 Å². The van der Waals surface area contributed by atoms with Crippen LogP contribution in [0.3, 0.4) is 0 Å². The summed E-state index contributed by atoms with van der Waals surface area (Å²) in [5.74, 6) is -7.15. The number of Topliss-reactive ketones (excluding diaryl/α,β-unsaturated/α-hetero) is 2. The average molecular weight is 609 g/mol. The number of benzene rings is 2. The van der Waals surface area contributed by atoms with Crippen LogP contribution in [0.25, 0.3) is 5.76 Å². The normalized spacial score (nSPS) is 24.6. The number of rotatable bonds is 7. The molecule has 0 radical (unpaired) electrons. The lowest BCUT2D eigenvalue weighted by atomic mass is 9.57. The number of phenolic OH excluding ortho intramolecular Hbond substituents is 1. The number of anilines is 3. The molecule has 8 N–H and O–H groups in total. The third kappa shape index (κ3) is 4.54. The van der Waals surface area contributed by atoms with Crippen molar-refractivity contribution in [2.75, 3.05) is 43.6 Å². The van der Waals surface area contributed by atoms with Gasteiger partial charge in [-0.2, -0.15) is 0 Å². The molecule has 14 nitrogen and oxygen atoms in total. The lowest BCUT2D eigenvalue weighted by molar-refractivity contribution is -0.153. The van der Waals surface area contributed by atoms with Gasteiger partial charge >= 0.3 is 0 Å². The first-order valence-corrected chi connectivity index (χ1v) is 13.8. The molecule has 2 aromatic carbocycles. The van der Waals surface area contributed by atoms with Gasteiger partial charge in [-0.3, -0.25) is 24.5 Å². The number of fused-ring (bicyclic) bond motifs is 3. The van der Waals surface area contributed by atoms with E-state index in [1.54, 1.807) is 51.3 Å². The van der Waals surface area contributed by atoms with Crippen LogP contribution in [0.4, 0.5) is 17.1 Å². The van der Waals surface area contributed by atoms with E-state index in [1.165, 1.54) is 17.0 Å². The van der Waals surface area contributed by atoms with Crippen molar-refractivity contribution in [1.29, 1.82) is 0 Å². The van der Waals surface area contributed by atoms with Crippen molar-refractivity contribution >= 4 is 40.3 Å². The van der Waals surface area contributed by atoms with E-state index in [9.17, 15) is 40.0 Å². The number of aliphatic hydroxyl groups is 3. The molecule has 0 unspecified atom stereocenters. The Morgan fingerprint density at radius 2 is 1.75 bits per heavy atom. The van der Waals surface area contributed by atoms with Gasteiger partial charge in [0.15, 0.2) is 11.4 Å². The number of hydrogen-bond donors (Lipinski definition) is 7. The molecule has 0 saturated heterocycles. The van der Waals surface area contributed by atoms with Crippen molar-refractivity contribution in [2.45, 2.75) is 31.0 Å². The monoisotopic (exact) mass is 608 g/mol. The number of carbonyl (C=O) groups is 3. The van der Waals surface area contributed by atoms with Crippen molar-refractivity contribution < 1.29 is 40.0 Å². The lowest BCUT2D eigenvalue weighted by Crippen LogP contribution is -2.65. The molecular formula is C30H34N5O9-. The minimum Gasteiger partial charge on any atom is -0.733 e. The predicted octanol–water partition coefficient (Wildman–Crippen LogP) is 1.34. The molecule has 2 aromatic rings. The van der Waals surface area contributed by atoms with Crippen LogP contribution in [0.5, 0.6) is 5.75 Å². The molecule has 1 amide bonds. The predicted molar refractivity (Wildman–Crippen MR) is 160 cm³/mol. The summed E-state index contributed by atoms with van der Waals surface area (Å²) < 4.78 is 0. The number of amides is 1. The number of aromatic hydroxyl groups is 1. The maximum absolute atomic E-state index is 14.1. The van der Waals surface area contributed by atoms with Gasteiger partial charge in [0.05, 0.1) is 23.0 Å². The van der Waals surface area contributed by atoms with E-state index < -0.39 is 58.0 Å². The highest BCUT2D eigenvalue weighted by atomic mass is 16.8. The molecule has 0 spiro atoms. The Kier molecular flexibility index (Phi) is 7.58. The molecule has 14 heteroatoms. The Labute approximate surface area is 252 Å². The van der Waals surface area contributed by atoms with Crippen molar-refractivity contribution in [3.63, 3.8) is 0 Å². The highest BCUT2D eigenvalue weighted by Crippen LogP contribution is 2.54. The molecule has 1 fully saturated rings. The first-order valence-electron chi connectivity index (χ1n) is 13.8. The van der Waals surface area contributed by atoms with E-state index in [0.717, 1.165) is 0 Å². The summed E-state index contributed by atoms with van der Waals surface area (Å²) in [6.07, 6.45) is 0.147. The number of aliphatic hydroxyl groups excluding tert-OH is 2. The quantitative estimate of drug-likeness (QED) is 0.134. The van der Waals surface area contributed by atoms with Crippen LogP contribution in [-0.2, 0) is 27.3 Å². The van der Waals surface area contributed by atoms with Crippen LogP contribution in [0.2, 0.25) is 0 Å². The Bertz CT molecular complexity index is 1630. The Morgan fingerprint density at radius 3 is 2.30 bits per heavy atom. The fourth-order valence-corrected chi connectivity index (χ4v) is 6.76. The molecule has 0 bridgehead atoms. The van der Waals surface area contributed by atoms with Crippen molar-refractivity contribution in [3.05, 3.63) is 69.1 Å². The van der Waals surface area contributed by atoms with Gasteiger partial charge in [-0.25, -0.2) is 0 Å². The smallest absolute Gasteiger partial charge is 0.255 e. The van der Waals surface area contributed by atoms with Crippen LogP contribution >= 0.6 is 0 Å². The average Bonchev–Trinajstić information content (AvgIpc) is 2.94. The number of nitrogens with zero attached hydrogens (tertiary/aromatic N) is 3. The molecule has 0 aliphatic heterocycles. The summed E-state index contributed by atoms with van der Waals surface area (Å²) in [7, 11) is 6.64. The largest absolute Gasteiger partial charge is 0.733 e. The number of carbonyl (C=O) groups excluding carboxylic acids is 3. The van der Waals surface area contributed by atoms with E-state index in [0.29, 0.717) is 16.8 Å². The summed E-state index contributed by atoms with van der Waals surface area (Å²) in [5, 5.41) is 68.8. The topological polar surface area (TPSA) is 223 Å². The SMILES string of the molecule is CN(C)c1cc(NCc2ccc(N([O-])O)cc2)c(O)c2c1C[C@@H]1C[C@@H]3[C@@H](N(C)C)C(=O)C(C(N)=O)=C(O)[C@]3(O)C(=O)C1=C2O. The number of likely N-dealkylation sites (N-methyl/N-ethyl adjacent to an activating group) is 1. The molecule has 3 aliphatic carbocycles. The van der Waals surface area contributed by atoms with Crippen LogP contribution in [0.15, 0.2) is 47.2 Å². The van der Waals surface area contributed by atoms with Crippen LogP contribution in [0, 0.1) is 17.0 Å². The van der Waals surface area contributed by atoms with Gasteiger partial charge in [-0.15, -0.1) is 0 Å². The van der Waals surface area contributed by atoms with Gasteiger partial charge in [0.1, 0.15) is 22.8 Å². The fraction of sp³-hybridized carbons (Fsp3) is 0.367. The third-order valence-electron chi connectivity index (χ3n) is 8.82. The highest BCUT2D eigenvalue weighted by Gasteiger charge is 2.64. The zero-order valence-corrected chi connectivity index (χ0v) is 24.5. The number of phenols is 1. The number of primary amides is 1. The molecule has 3 aliphatic rings. The van der Waals surface area contributed by atoms with Gasteiger partial charge in [-0.05, 0) is 62.2 Å².